The fourth-order valence-corrected chi connectivity index (χ4v) is 46.8. The second-order valence-corrected chi connectivity index (χ2v) is 50.8. The van der Waals surface area contributed by atoms with Crippen LogP contribution in [0, 0.1) is 0 Å². The number of rotatable bonds is 8. The van der Waals surface area contributed by atoms with Crippen LogP contribution < -0.4 is 15.6 Å². The van der Waals surface area contributed by atoms with Crippen molar-refractivity contribution in [2.75, 3.05) is 6.30 Å². The summed E-state index contributed by atoms with van der Waals surface area (Å²) in [6.45, 7) is 17.1. The lowest BCUT2D eigenvalue weighted by atomic mass is 10.2. The van der Waals surface area contributed by atoms with E-state index in [9.17, 15) is 13.2 Å². The van der Waals surface area contributed by atoms with Crippen molar-refractivity contribution in [3.05, 3.63) is 54.1 Å². The van der Waals surface area contributed by atoms with Crippen LogP contribution in [0.3, 0.4) is 0 Å². The third kappa shape index (κ3) is 11.9. The molecule has 6 atom stereocenters. The van der Waals surface area contributed by atoms with E-state index in [1.807, 2.05) is 0 Å². The zero-order valence-electron chi connectivity index (χ0n) is 33.8. The second-order valence-electron chi connectivity index (χ2n) is 16.9. The number of fused-ring (bicyclic) bond motifs is 3. The topological polar surface area (TPSA) is 92.3 Å². The standard InChI is InChI=1S/C28H49F9O10Si10/c1-48(2,3)38-55(40-50(7,8)36)25-18-15-19-26(21-25)57(42-51(9,10)41-53(12,45-55)28(33,34)35)46-54(13,37)43-52(11,22-29)44-56(47-57,39-49(4,5)6)24-17-14-16-23(20-24)27(30,31)32/h14-21H,22H2,1-13H3. The molecule has 4 rings (SSSR count). The van der Waals surface area contributed by atoms with Crippen LogP contribution in [0.25, 0.3) is 0 Å². The Kier molecular flexibility index (Phi) is 13.6. The van der Waals surface area contributed by atoms with E-state index in [0.717, 1.165) is 38.3 Å². The van der Waals surface area contributed by atoms with Gasteiger partial charge in [0.2, 0.25) is 0 Å². The van der Waals surface area contributed by atoms with Crippen LogP contribution in [-0.2, 0) is 47.3 Å². The fraction of sp³-hybridized carbons (Fsp3) is 0.571. The Morgan fingerprint density at radius 3 is 1.67 bits per heavy atom. The Hall–Kier alpha value is -0.421. The largest absolute Gasteiger partial charge is 0.521 e. The summed E-state index contributed by atoms with van der Waals surface area (Å²) < 4.78 is 200. The summed E-state index contributed by atoms with van der Waals surface area (Å²) in [5.74, 6) is -5.25. The van der Waals surface area contributed by atoms with E-state index >= 15 is 25.8 Å². The van der Waals surface area contributed by atoms with Crippen molar-refractivity contribution in [3.63, 3.8) is 0 Å². The van der Waals surface area contributed by atoms with Gasteiger partial charge in [0, 0.05) is 22.1 Å². The highest BCUT2D eigenvalue weighted by Gasteiger charge is 2.72. The summed E-state index contributed by atoms with van der Waals surface area (Å²) in [5, 5.41) is -0.771. The minimum atomic E-state index is -5.72. The highest BCUT2D eigenvalue weighted by atomic mass is 28.6. The molecule has 2 aliphatic heterocycles. The smallest absolute Gasteiger partial charge is 0.413 e. The van der Waals surface area contributed by atoms with Crippen molar-refractivity contribution < 1.29 is 80.1 Å². The lowest BCUT2D eigenvalue weighted by molar-refractivity contribution is -0.137. The summed E-state index contributed by atoms with van der Waals surface area (Å²) in [5.41, 5.74) is -1.17. The quantitative estimate of drug-likeness (QED) is 0.152. The maximum Gasteiger partial charge on any atom is 0.521 e. The second kappa shape index (κ2) is 15.7. The number of hydrogen-bond donors (Lipinski definition) is 0. The minimum absolute atomic E-state index is 0.194. The van der Waals surface area contributed by atoms with Crippen molar-refractivity contribution >= 4 is 102 Å². The van der Waals surface area contributed by atoms with Crippen LogP contribution in [-0.4, -0.2) is 98.4 Å². The molecule has 1 saturated heterocycles. The van der Waals surface area contributed by atoms with Gasteiger partial charge in [0.15, 0.2) is 16.6 Å². The first-order valence-corrected chi connectivity index (χ1v) is 42.2. The van der Waals surface area contributed by atoms with Crippen molar-refractivity contribution in [3.8, 4) is 0 Å². The molecule has 2 aromatic rings. The van der Waals surface area contributed by atoms with Gasteiger partial charge in [0.25, 0.3) is 0 Å². The van der Waals surface area contributed by atoms with E-state index in [4.69, 9.17) is 41.2 Å². The van der Waals surface area contributed by atoms with Crippen molar-refractivity contribution in [2.24, 2.45) is 0 Å². The molecule has 1 spiro atoms. The summed E-state index contributed by atoms with van der Waals surface area (Å²) >= 11 is 0. The summed E-state index contributed by atoms with van der Waals surface area (Å²) in [6.07, 6.45) is -6.34. The van der Waals surface area contributed by atoms with Gasteiger partial charge in [-0.3, -0.25) is 4.11 Å². The molecule has 29 heteroatoms. The van der Waals surface area contributed by atoms with E-state index in [2.05, 4.69) is 0 Å². The molecule has 10 nitrogen and oxygen atoms in total. The summed E-state index contributed by atoms with van der Waals surface area (Å²) in [6, 6.07) is 8.83. The molecule has 0 radical (unpaired) electrons. The zero-order chi connectivity index (χ0) is 43.7. The van der Waals surface area contributed by atoms with E-state index in [1.54, 1.807) is 39.3 Å². The highest BCUT2D eigenvalue weighted by Crippen LogP contribution is 2.41. The molecule has 6 unspecified atom stereocenters. The van der Waals surface area contributed by atoms with E-state index in [-0.39, 0.29) is 15.6 Å². The molecule has 0 amide bonds. The predicted molar refractivity (Wildman–Crippen MR) is 216 cm³/mol. The van der Waals surface area contributed by atoms with Crippen molar-refractivity contribution in [1.82, 2.24) is 0 Å². The van der Waals surface area contributed by atoms with Gasteiger partial charge in [-0.2, -0.15) is 26.3 Å². The van der Waals surface area contributed by atoms with E-state index in [1.165, 1.54) is 43.4 Å². The van der Waals surface area contributed by atoms with Gasteiger partial charge >= 0.3 is 81.6 Å². The Morgan fingerprint density at radius 1 is 0.614 bits per heavy atom. The molecule has 2 aliphatic rings. The third-order valence-electron chi connectivity index (χ3n) is 7.61. The molecule has 0 saturated carbocycles. The maximum atomic E-state index is 17.1. The van der Waals surface area contributed by atoms with Crippen molar-refractivity contribution in [2.45, 2.75) is 97.1 Å². The summed E-state index contributed by atoms with van der Waals surface area (Å²) in [4.78, 5) is 0. The molecule has 2 bridgehead atoms. The lowest BCUT2D eigenvalue weighted by Crippen LogP contribution is -2.80. The SMILES string of the molecule is C[Si](C)(C)O[Si]1(c2cccc(C(F)(F)F)c2)O[Si](C)(CF)O[Si](C)(F)O[Si]2(O[Si](C)(C)O[Si](C)(C(F)(F)F)O[Si](O[Si](C)(C)C)(O[Si](C)(C)F)c3cccc2c3)O1. The Morgan fingerprint density at radius 2 is 1.16 bits per heavy atom. The first-order chi connectivity index (χ1) is 25.3. The monoisotopic (exact) mass is 996 g/mol. The molecule has 57 heavy (non-hydrogen) atoms. The Bertz CT molecular complexity index is 1760. The van der Waals surface area contributed by atoms with E-state index in [0.29, 0.717) is 12.6 Å². The number of benzene rings is 2. The Labute approximate surface area is 338 Å². The van der Waals surface area contributed by atoms with Crippen LogP contribution in [0.2, 0.25) is 85.1 Å². The van der Waals surface area contributed by atoms with Gasteiger partial charge in [-0.1, -0.05) is 36.4 Å². The average Bonchev–Trinajstić information content (AvgIpc) is 2.95. The van der Waals surface area contributed by atoms with Gasteiger partial charge in [0.1, 0.15) is 6.30 Å². The molecule has 1 fully saturated rings. The molecule has 0 aliphatic carbocycles. The van der Waals surface area contributed by atoms with Gasteiger partial charge in [-0.25, -0.2) is 8.50 Å². The van der Waals surface area contributed by atoms with Gasteiger partial charge in [-0.15, -0.1) is 0 Å². The molecular formula is C28H49F9O10Si10. The van der Waals surface area contributed by atoms with Crippen LogP contribution in [0.4, 0.5) is 38.9 Å². The molecular weight excluding hydrogens is 948 g/mol. The average molecular weight is 998 g/mol. The van der Waals surface area contributed by atoms with Gasteiger partial charge in [0.05, 0.1) is 5.56 Å². The van der Waals surface area contributed by atoms with Gasteiger partial charge < -0.3 is 41.2 Å². The molecule has 0 aromatic heterocycles. The number of alkyl halides is 7. The van der Waals surface area contributed by atoms with Crippen LogP contribution in [0.15, 0.2) is 48.5 Å². The lowest BCUT2D eigenvalue weighted by Gasteiger charge is -2.51. The molecule has 2 heterocycles. The predicted octanol–water partition coefficient (Wildman–Crippen LogP) is 7.37. The summed E-state index contributed by atoms with van der Waals surface area (Å²) in [7, 11) is -46.3. The van der Waals surface area contributed by atoms with Crippen molar-refractivity contribution in [1.29, 1.82) is 0 Å². The fourth-order valence-electron chi connectivity index (χ4n) is 6.02. The highest BCUT2D eigenvalue weighted by molar-refractivity contribution is 7.03. The molecule has 0 N–H and O–H groups in total. The normalized spacial score (nSPS) is 33.4. The maximum absolute atomic E-state index is 17.1. The minimum Gasteiger partial charge on any atom is -0.413 e. The first-order valence-electron chi connectivity index (χ1n) is 17.6. The Balaban J connectivity index is 2.24. The first kappa shape index (κ1) is 49.2. The number of halogens is 9. The third-order valence-corrected chi connectivity index (χ3v) is 42.1. The van der Waals surface area contributed by atoms with Crippen LogP contribution in [0.5, 0.6) is 0 Å². The van der Waals surface area contributed by atoms with Crippen LogP contribution >= 0.6 is 0 Å². The zero-order valence-corrected chi connectivity index (χ0v) is 43.8. The van der Waals surface area contributed by atoms with E-state index < -0.39 is 110 Å². The van der Waals surface area contributed by atoms with Crippen LogP contribution in [0.1, 0.15) is 5.56 Å². The van der Waals surface area contributed by atoms with Gasteiger partial charge in [-0.05, 0) is 90.7 Å². The molecule has 2 aromatic carbocycles. The molecule has 324 valence electrons. The number of hydrogen-bond acceptors (Lipinski definition) is 10.